The van der Waals surface area contributed by atoms with Crippen molar-refractivity contribution < 1.29 is 58.2 Å². The number of carbonyl (C=O) groups is 4. The SMILES string of the molecule is CCCCC/C=C\C/C=C\C/C=C\CCCCCCCCC(=O)OCC(COC1OC(C(=O)O)C(O)C(O)C1OC(=O)CCCCCCCCC/C=C\CCCCCCCC)OC(=O)CCCCCCCCCCCCCCC. The van der Waals surface area contributed by atoms with Gasteiger partial charge >= 0.3 is 23.9 Å². The molecule has 0 saturated carbocycles. The van der Waals surface area contributed by atoms with E-state index in [0.29, 0.717) is 19.3 Å². The van der Waals surface area contributed by atoms with Gasteiger partial charge in [-0.15, -0.1) is 0 Å². The lowest BCUT2D eigenvalue weighted by Gasteiger charge is -2.40. The molecule has 0 aromatic rings. The highest BCUT2D eigenvalue weighted by Gasteiger charge is 2.50. The summed E-state index contributed by atoms with van der Waals surface area (Å²) in [5.41, 5.74) is 0. The predicted octanol–water partition coefficient (Wildman–Crippen LogP) is 17.3. The zero-order valence-electron chi connectivity index (χ0n) is 50.6. The van der Waals surface area contributed by atoms with E-state index in [0.717, 1.165) is 103 Å². The first-order chi connectivity index (χ1) is 38.6. The van der Waals surface area contributed by atoms with Crippen LogP contribution in [0.25, 0.3) is 0 Å². The van der Waals surface area contributed by atoms with E-state index in [1.54, 1.807) is 0 Å². The lowest BCUT2D eigenvalue weighted by Crippen LogP contribution is -2.61. The van der Waals surface area contributed by atoms with Gasteiger partial charge in [-0.1, -0.05) is 249 Å². The summed E-state index contributed by atoms with van der Waals surface area (Å²) in [5.74, 6) is -3.11. The van der Waals surface area contributed by atoms with Gasteiger partial charge in [0.05, 0.1) is 6.61 Å². The second kappa shape index (κ2) is 55.2. The third-order valence-electron chi connectivity index (χ3n) is 14.9. The molecular weight excluding hydrogens is 997 g/mol. The van der Waals surface area contributed by atoms with Crippen LogP contribution in [0.3, 0.4) is 0 Å². The lowest BCUT2D eigenvalue weighted by atomic mass is 9.98. The molecule has 0 radical (unpaired) electrons. The highest BCUT2D eigenvalue weighted by molar-refractivity contribution is 5.74. The minimum Gasteiger partial charge on any atom is -0.479 e. The summed E-state index contributed by atoms with van der Waals surface area (Å²) >= 11 is 0. The van der Waals surface area contributed by atoms with Gasteiger partial charge in [0.15, 0.2) is 24.6 Å². The molecule has 0 aromatic heterocycles. The maximum absolute atomic E-state index is 13.2. The second-order valence-corrected chi connectivity index (χ2v) is 22.4. The molecule has 0 bridgehead atoms. The first-order valence-electron chi connectivity index (χ1n) is 32.6. The normalized spacial score (nSPS) is 18.1. The van der Waals surface area contributed by atoms with Crippen molar-refractivity contribution in [1.82, 2.24) is 0 Å². The molecule has 12 heteroatoms. The Labute approximate surface area is 482 Å². The summed E-state index contributed by atoms with van der Waals surface area (Å²) in [6.07, 6.45) is 54.9. The summed E-state index contributed by atoms with van der Waals surface area (Å²) in [6.45, 7) is 5.99. The molecule has 1 heterocycles. The average molecular weight is 1120 g/mol. The molecule has 458 valence electrons. The Morgan fingerprint density at radius 3 is 1.19 bits per heavy atom. The topological polar surface area (TPSA) is 175 Å². The second-order valence-electron chi connectivity index (χ2n) is 22.4. The van der Waals surface area contributed by atoms with E-state index in [2.05, 4.69) is 69.4 Å². The minimum absolute atomic E-state index is 0.0566. The fourth-order valence-corrected chi connectivity index (χ4v) is 9.84. The Kier molecular flexibility index (Phi) is 51.5. The zero-order chi connectivity index (χ0) is 57.5. The minimum atomic E-state index is -1.90. The molecule has 79 heavy (non-hydrogen) atoms. The zero-order valence-corrected chi connectivity index (χ0v) is 50.6. The van der Waals surface area contributed by atoms with Gasteiger partial charge in [0.2, 0.25) is 0 Å². The Balaban J connectivity index is 2.65. The number of hydrogen-bond acceptors (Lipinski definition) is 11. The van der Waals surface area contributed by atoms with Crippen molar-refractivity contribution in [1.29, 1.82) is 0 Å². The fourth-order valence-electron chi connectivity index (χ4n) is 9.84. The van der Waals surface area contributed by atoms with E-state index in [-0.39, 0.29) is 25.9 Å². The van der Waals surface area contributed by atoms with Crippen molar-refractivity contribution in [2.45, 2.75) is 340 Å². The van der Waals surface area contributed by atoms with Crippen LogP contribution in [0.2, 0.25) is 0 Å². The van der Waals surface area contributed by atoms with Crippen LogP contribution in [0.1, 0.15) is 303 Å². The fraction of sp³-hybridized carbons (Fsp3) is 0.821. The number of esters is 3. The van der Waals surface area contributed by atoms with E-state index in [4.69, 9.17) is 23.7 Å². The molecule has 1 aliphatic rings. The number of hydrogen-bond donors (Lipinski definition) is 3. The van der Waals surface area contributed by atoms with Gasteiger partial charge in [0.1, 0.15) is 18.8 Å². The Morgan fingerprint density at radius 2 is 0.759 bits per heavy atom. The summed E-state index contributed by atoms with van der Waals surface area (Å²) in [5, 5.41) is 31.6. The maximum atomic E-state index is 13.2. The molecule has 1 aliphatic heterocycles. The predicted molar refractivity (Wildman–Crippen MR) is 322 cm³/mol. The summed E-state index contributed by atoms with van der Waals surface area (Å²) < 4.78 is 28.5. The lowest BCUT2D eigenvalue weighted by molar-refractivity contribution is -0.301. The molecule has 3 N–H and O–H groups in total. The van der Waals surface area contributed by atoms with Crippen LogP contribution >= 0.6 is 0 Å². The van der Waals surface area contributed by atoms with Crippen LogP contribution in [-0.4, -0.2) is 89.2 Å². The summed E-state index contributed by atoms with van der Waals surface area (Å²) in [6, 6.07) is 0. The van der Waals surface area contributed by atoms with Crippen molar-refractivity contribution >= 4 is 23.9 Å². The summed E-state index contributed by atoms with van der Waals surface area (Å²) in [4.78, 5) is 51.3. The van der Waals surface area contributed by atoms with Gasteiger partial charge in [-0.05, 0) is 83.5 Å². The highest BCUT2D eigenvalue weighted by atomic mass is 16.7. The van der Waals surface area contributed by atoms with Crippen molar-refractivity contribution in [3.05, 3.63) is 48.6 Å². The van der Waals surface area contributed by atoms with Gasteiger partial charge in [0.25, 0.3) is 0 Å². The van der Waals surface area contributed by atoms with E-state index < -0.39 is 67.3 Å². The Morgan fingerprint density at radius 1 is 0.418 bits per heavy atom. The number of carboxylic acids is 1. The molecule has 1 saturated heterocycles. The number of carbonyl (C=O) groups excluding carboxylic acids is 3. The van der Waals surface area contributed by atoms with Gasteiger partial charge in [-0.3, -0.25) is 14.4 Å². The van der Waals surface area contributed by atoms with Crippen LogP contribution in [0.5, 0.6) is 0 Å². The number of ether oxygens (including phenoxy) is 5. The van der Waals surface area contributed by atoms with Gasteiger partial charge in [0, 0.05) is 19.3 Å². The van der Waals surface area contributed by atoms with Crippen LogP contribution in [0.15, 0.2) is 48.6 Å². The largest absolute Gasteiger partial charge is 0.479 e. The summed E-state index contributed by atoms with van der Waals surface area (Å²) in [7, 11) is 0. The van der Waals surface area contributed by atoms with Crippen LogP contribution in [0, 0.1) is 0 Å². The number of allylic oxidation sites excluding steroid dienone is 8. The van der Waals surface area contributed by atoms with E-state index >= 15 is 0 Å². The van der Waals surface area contributed by atoms with Crippen LogP contribution in [0.4, 0.5) is 0 Å². The molecule has 0 aromatic carbocycles. The van der Waals surface area contributed by atoms with E-state index in [1.807, 2.05) is 0 Å². The van der Waals surface area contributed by atoms with Crippen molar-refractivity contribution in [2.75, 3.05) is 13.2 Å². The molecule has 0 aliphatic carbocycles. The number of aliphatic hydroxyl groups excluding tert-OH is 2. The Bertz CT molecular complexity index is 1560. The van der Waals surface area contributed by atoms with Crippen LogP contribution in [-0.2, 0) is 42.9 Å². The third kappa shape index (κ3) is 45.0. The van der Waals surface area contributed by atoms with Gasteiger partial charge < -0.3 is 39.0 Å². The van der Waals surface area contributed by atoms with Crippen molar-refractivity contribution in [2.24, 2.45) is 0 Å². The first-order valence-corrected chi connectivity index (χ1v) is 32.6. The van der Waals surface area contributed by atoms with E-state index in [9.17, 15) is 34.5 Å². The molecule has 1 rings (SSSR count). The molecule has 6 unspecified atom stereocenters. The van der Waals surface area contributed by atoms with Crippen molar-refractivity contribution in [3.63, 3.8) is 0 Å². The number of carboxylic acid groups (broad SMARTS) is 1. The quantitative estimate of drug-likeness (QED) is 0.0228. The average Bonchev–Trinajstić information content (AvgIpc) is 3.47. The molecule has 12 nitrogen and oxygen atoms in total. The number of aliphatic hydroxyl groups is 2. The maximum Gasteiger partial charge on any atom is 0.335 e. The van der Waals surface area contributed by atoms with Crippen LogP contribution < -0.4 is 0 Å². The molecule has 1 fully saturated rings. The number of rotatable bonds is 56. The monoisotopic (exact) mass is 1110 g/mol. The third-order valence-corrected chi connectivity index (χ3v) is 14.9. The Hall–Kier alpha value is -3.32. The van der Waals surface area contributed by atoms with Gasteiger partial charge in [-0.2, -0.15) is 0 Å². The van der Waals surface area contributed by atoms with Gasteiger partial charge in [-0.25, -0.2) is 4.79 Å². The molecule has 0 amide bonds. The van der Waals surface area contributed by atoms with E-state index in [1.165, 1.54) is 141 Å². The molecule has 6 atom stereocenters. The molecular formula is C67H118O12. The highest BCUT2D eigenvalue weighted by Crippen LogP contribution is 2.27. The first kappa shape index (κ1) is 73.7. The number of aliphatic carboxylic acids is 1. The number of unbranched alkanes of at least 4 members (excludes halogenated alkanes) is 34. The molecule has 0 spiro atoms. The standard InChI is InChI=1S/C67H118O12/c1-4-7-10-13-16-19-22-25-27-29-30-32-33-36-38-41-44-47-50-53-59(68)75-56-58(77-60(69)54-51-48-45-42-39-35-24-21-18-15-12-9-6-3)57-76-67-65(63(72)62(71)64(79-67)66(73)74)78-61(70)55-52-49-46-43-40-37-34-31-28-26-23-20-17-14-11-8-5-2/h16,19,25-28,30,32,58,62-65,67,71-72H,4-15,17-18,20-24,29,31,33-57H2,1-3H3,(H,73,74)/b19-16-,27-25-,28-26-,32-30-. The van der Waals surface area contributed by atoms with Crippen molar-refractivity contribution in [3.8, 4) is 0 Å². The smallest absolute Gasteiger partial charge is 0.335 e.